The molecule has 1 rings (SSSR count). The van der Waals surface area contributed by atoms with E-state index in [4.69, 9.17) is 0 Å². The van der Waals surface area contributed by atoms with Gasteiger partial charge in [0.05, 0.1) is 0 Å². The van der Waals surface area contributed by atoms with Crippen LogP contribution in [0.4, 0.5) is 0 Å². The molecule has 0 aliphatic carbocycles. The van der Waals surface area contributed by atoms with Gasteiger partial charge in [-0.1, -0.05) is 20.8 Å². The van der Waals surface area contributed by atoms with Crippen molar-refractivity contribution in [2.24, 2.45) is 5.41 Å². The molecule has 0 radical (unpaired) electrons. The van der Waals surface area contributed by atoms with Gasteiger partial charge in [-0.25, -0.2) is 0 Å². The zero-order valence-corrected chi connectivity index (χ0v) is 12.4. The van der Waals surface area contributed by atoms with Gasteiger partial charge in [0, 0.05) is 6.04 Å². The fourth-order valence-electron chi connectivity index (χ4n) is 2.77. The molecule has 2 nitrogen and oxygen atoms in total. The summed E-state index contributed by atoms with van der Waals surface area (Å²) < 4.78 is 0. The Hall–Kier alpha value is -0.0800. The van der Waals surface area contributed by atoms with E-state index in [9.17, 15) is 0 Å². The van der Waals surface area contributed by atoms with Crippen molar-refractivity contribution in [3.63, 3.8) is 0 Å². The molecular weight excluding hydrogens is 208 g/mol. The van der Waals surface area contributed by atoms with E-state index in [0.717, 1.165) is 6.54 Å². The van der Waals surface area contributed by atoms with Crippen molar-refractivity contribution < 1.29 is 0 Å². The fraction of sp³-hybridized carbons (Fsp3) is 1.00. The maximum atomic E-state index is 3.49. The third kappa shape index (κ3) is 6.42. The second kappa shape index (κ2) is 7.38. The molecule has 0 aromatic carbocycles. The van der Waals surface area contributed by atoms with Gasteiger partial charge in [0.15, 0.2) is 0 Å². The SMILES string of the molecule is CCNC(C)CCCN1CCCC(C)(C)CC1. The van der Waals surface area contributed by atoms with Crippen LogP contribution in [-0.2, 0) is 0 Å². The Morgan fingerprint density at radius 1 is 1.24 bits per heavy atom. The van der Waals surface area contributed by atoms with Crippen LogP contribution in [-0.4, -0.2) is 37.1 Å². The van der Waals surface area contributed by atoms with E-state index in [2.05, 4.69) is 37.9 Å². The van der Waals surface area contributed by atoms with E-state index in [1.807, 2.05) is 0 Å². The Balaban J connectivity index is 2.15. The van der Waals surface area contributed by atoms with Crippen LogP contribution in [0.5, 0.6) is 0 Å². The van der Waals surface area contributed by atoms with Crippen LogP contribution in [0, 0.1) is 5.41 Å². The van der Waals surface area contributed by atoms with Gasteiger partial charge < -0.3 is 10.2 Å². The number of rotatable bonds is 6. The number of likely N-dealkylation sites (tertiary alicyclic amines) is 1. The van der Waals surface area contributed by atoms with E-state index in [1.165, 1.54) is 51.7 Å². The second-order valence-corrected chi connectivity index (χ2v) is 6.46. The summed E-state index contributed by atoms with van der Waals surface area (Å²) in [5.74, 6) is 0. The maximum absolute atomic E-state index is 3.49. The predicted octanol–water partition coefficient (Wildman–Crippen LogP) is 3.28. The lowest BCUT2D eigenvalue weighted by molar-refractivity contribution is 0.255. The van der Waals surface area contributed by atoms with Gasteiger partial charge in [-0.2, -0.15) is 0 Å². The molecule has 0 aromatic rings. The summed E-state index contributed by atoms with van der Waals surface area (Å²) >= 11 is 0. The quantitative estimate of drug-likeness (QED) is 0.766. The summed E-state index contributed by atoms with van der Waals surface area (Å²) in [4.78, 5) is 2.67. The molecule has 0 saturated carbocycles. The summed E-state index contributed by atoms with van der Waals surface area (Å²) in [6.07, 6.45) is 6.81. The molecule has 17 heavy (non-hydrogen) atoms. The van der Waals surface area contributed by atoms with Gasteiger partial charge >= 0.3 is 0 Å². The van der Waals surface area contributed by atoms with E-state index in [-0.39, 0.29) is 0 Å². The Morgan fingerprint density at radius 2 is 2.00 bits per heavy atom. The number of hydrogen-bond donors (Lipinski definition) is 1. The Morgan fingerprint density at radius 3 is 2.71 bits per heavy atom. The van der Waals surface area contributed by atoms with E-state index in [0.29, 0.717) is 11.5 Å². The first-order valence-electron chi connectivity index (χ1n) is 7.49. The molecule has 1 saturated heterocycles. The zero-order valence-electron chi connectivity index (χ0n) is 12.4. The van der Waals surface area contributed by atoms with Crippen molar-refractivity contribution >= 4 is 0 Å². The largest absolute Gasteiger partial charge is 0.315 e. The molecule has 0 spiro atoms. The van der Waals surface area contributed by atoms with Gasteiger partial charge in [0.1, 0.15) is 0 Å². The van der Waals surface area contributed by atoms with Gasteiger partial charge in [-0.05, 0) is 70.6 Å². The summed E-state index contributed by atoms with van der Waals surface area (Å²) in [5, 5.41) is 3.49. The minimum absolute atomic E-state index is 0.575. The molecule has 0 amide bonds. The first-order valence-corrected chi connectivity index (χ1v) is 7.49. The van der Waals surface area contributed by atoms with Crippen molar-refractivity contribution in [3.8, 4) is 0 Å². The topological polar surface area (TPSA) is 15.3 Å². The monoisotopic (exact) mass is 240 g/mol. The average molecular weight is 240 g/mol. The van der Waals surface area contributed by atoms with Gasteiger partial charge in [-0.15, -0.1) is 0 Å². The van der Waals surface area contributed by atoms with Crippen molar-refractivity contribution in [1.82, 2.24) is 10.2 Å². The van der Waals surface area contributed by atoms with E-state index >= 15 is 0 Å². The van der Waals surface area contributed by atoms with Crippen molar-refractivity contribution in [2.45, 2.75) is 65.8 Å². The van der Waals surface area contributed by atoms with Crippen LogP contribution in [0.25, 0.3) is 0 Å². The van der Waals surface area contributed by atoms with Crippen molar-refractivity contribution in [3.05, 3.63) is 0 Å². The van der Waals surface area contributed by atoms with Crippen molar-refractivity contribution in [2.75, 3.05) is 26.2 Å². The smallest absolute Gasteiger partial charge is 0.00390 e. The lowest BCUT2D eigenvalue weighted by Crippen LogP contribution is -2.29. The van der Waals surface area contributed by atoms with E-state index in [1.54, 1.807) is 0 Å². The molecule has 1 unspecified atom stereocenters. The minimum atomic E-state index is 0.575. The number of hydrogen-bond acceptors (Lipinski definition) is 2. The zero-order chi connectivity index (χ0) is 12.7. The van der Waals surface area contributed by atoms with Crippen LogP contribution < -0.4 is 5.32 Å². The summed E-state index contributed by atoms with van der Waals surface area (Å²) in [5.41, 5.74) is 0.575. The molecule has 1 N–H and O–H groups in total. The van der Waals surface area contributed by atoms with Crippen LogP contribution in [0.3, 0.4) is 0 Å². The highest BCUT2D eigenvalue weighted by Gasteiger charge is 2.22. The number of nitrogens with zero attached hydrogens (tertiary/aromatic N) is 1. The van der Waals surface area contributed by atoms with Gasteiger partial charge in [0.25, 0.3) is 0 Å². The predicted molar refractivity (Wildman–Crippen MR) is 76.4 cm³/mol. The standard InChI is InChI=1S/C15H32N2/c1-5-16-14(2)8-6-11-17-12-7-9-15(3,4)10-13-17/h14,16H,5-13H2,1-4H3. The van der Waals surface area contributed by atoms with Crippen LogP contribution in [0.2, 0.25) is 0 Å². The van der Waals surface area contributed by atoms with E-state index < -0.39 is 0 Å². The molecule has 1 heterocycles. The van der Waals surface area contributed by atoms with Crippen LogP contribution in [0.1, 0.15) is 59.8 Å². The molecule has 2 heteroatoms. The van der Waals surface area contributed by atoms with Crippen molar-refractivity contribution in [1.29, 1.82) is 0 Å². The maximum Gasteiger partial charge on any atom is 0.00390 e. The molecule has 0 aromatic heterocycles. The minimum Gasteiger partial charge on any atom is -0.315 e. The molecular formula is C15H32N2. The Kier molecular flexibility index (Phi) is 6.50. The number of nitrogens with one attached hydrogen (secondary N) is 1. The molecule has 102 valence electrons. The van der Waals surface area contributed by atoms with Crippen LogP contribution >= 0.6 is 0 Å². The molecule has 1 atom stereocenters. The molecule has 1 fully saturated rings. The average Bonchev–Trinajstić information content (AvgIpc) is 2.41. The second-order valence-electron chi connectivity index (χ2n) is 6.46. The Labute approximate surface area is 108 Å². The fourth-order valence-corrected chi connectivity index (χ4v) is 2.77. The lowest BCUT2D eigenvalue weighted by Gasteiger charge is -2.23. The normalized spacial score (nSPS) is 23.3. The highest BCUT2D eigenvalue weighted by Crippen LogP contribution is 2.29. The summed E-state index contributed by atoms with van der Waals surface area (Å²) in [6, 6.07) is 0.684. The molecule has 0 bridgehead atoms. The van der Waals surface area contributed by atoms with Crippen LogP contribution in [0.15, 0.2) is 0 Å². The third-order valence-electron chi connectivity index (χ3n) is 4.10. The highest BCUT2D eigenvalue weighted by atomic mass is 15.1. The summed E-state index contributed by atoms with van der Waals surface area (Å²) in [7, 11) is 0. The Bertz CT molecular complexity index is 201. The lowest BCUT2D eigenvalue weighted by atomic mass is 9.85. The first kappa shape index (κ1) is 15.0. The highest BCUT2D eigenvalue weighted by molar-refractivity contribution is 4.76. The molecule has 1 aliphatic rings. The van der Waals surface area contributed by atoms with Gasteiger partial charge in [0.2, 0.25) is 0 Å². The molecule has 1 aliphatic heterocycles. The van der Waals surface area contributed by atoms with Gasteiger partial charge in [-0.3, -0.25) is 0 Å². The summed E-state index contributed by atoms with van der Waals surface area (Å²) in [6.45, 7) is 14.3. The third-order valence-corrected chi connectivity index (χ3v) is 4.10. The first-order chi connectivity index (χ1) is 8.03.